The molecule has 0 fully saturated rings. The molecule has 0 radical (unpaired) electrons. The van der Waals surface area contributed by atoms with Crippen LogP contribution >= 0.6 is 0 Å². The van der Waals surface area contributed by atoms with E-state index >= 15 is 0 Å². The molecule has 0 aliphatic rings. The zero-order valence-electron chi connectivity index (χ0n) is 15.0. The third kappa shape index (κ3) is 4.90. The van der Waals surface area contributed by atoms with Gasteiger partial charge in [-0.25, -0.2) is 21.2 Å². The Morgan fingerprint density at radius 3 is 1.77 bits per heavy atom. The maximum atomic E-state index is 12.9. The number of sulfonamides is 2. The Kier molecular flexibility index (Phi) is 5.71. The molecule has 30 heavy (non-hydrogen) atoms. The van der Waals surface area contributed by atoms with E-state index < -0.39 is 30.8 Å². The van der Waals surface area contributed by atoms with Crippen molar-refractivity contribution in [2.75, 3.05) is 9.44 Å². The number of hydrogen-bond acceptors (Lipinski definition) is 6. The van der Waals surface area contributed by atoms with Crippen molar-refractivity contribution >= 4 is 37.1 Å². The van der Waals surface area contributed by atoms with Crippen LogP contribution in [0.25, 0.3) is 0 Å². The van der Waals surface area contributed by atoms with Gasteiger partial charge in [0.2, 0.25) is 0 Å². The van der Waals surface area contributed by atoms with E-state index in [0.29, 0.717) is 0 Å². The van der Waals surface area contributed by atoms with E-state index in [-0.39, 0.29) is 26.9 Å². The van der Waals surface area contributed by atoms with E-state index in [1.165, 1.54) is 48.5 Å². The van der Waals surface area contributed by atoms with Gasteiger partial charge in [-0.15, -0.1) is 0 Å². The molecule has 0 aliphatic heterocycles. The van der Waals surface area contributed by atoms with Crippen LogP contribution in [-0.4, -0.2) is 21.8 Å². The fourth-order valence-corrected chi connectivity index (χ4v) is 4.57. The van der Waals surface area contributed by atoms with Crippen LogP contribution in [0, 0.1) is 15.9 Å². The Morgan fingerprint density at radius 2 is 1.23 bits per heavy atom. The van der Waals surface area contributed by atoms with Crippen LogP contribution < -0.4 is 9.44 Å². The summed E-state index contributed by atoms with van der Waals surface area (Å²) in [5.74, 6) is -0.515. The third-order valence-corrected chi connectivity index (χ3v) is 6.63. The van der Waals surface area contributed by atoms with Gasteiger partial charge < -0.3 is 0 Å². The largest absolute Gasteiger partial charge is 0.280 e. The lowest BCUT2D eigenvalue weighted by Gasteiger charge is -2.10. The topological polar surface area (TPSA) is 135 Å². The van der Waals surface area contributed by atoms with Gasteiger partial charge in [0.15, 0.2) is 0 Å². The minimum absolute atomic E-state index is 0.0576. The molecule has 2 N–H and O–H groups in total. The van der Waals surface area contributed by atoms with Crippen LogP contribution in [0.5, 0.6) is 0 Å². The number of nitro groups is 1. The maximum Gasteiger partial charge on any atom is 0.270 e. The molecule has 0 aromatic heterocycles. The molecule has 0 atom stereocenters. The molecule has 3 aromatic carbocycles. The first-order valence-electron chi connectivity index (χ1n) is 8.23. The lowest BCUT2D eigenvalue weighted by atomic mass is 10.3. The molecule has 156 valence electrons. The summed E-state index contributed by atoms with van der Waals surface area (Å²) in [5, 5.41) is 10.8. The number of hydrogen-bond donors (Lipinski definition) is 2. The van der Waals surface area contributed by atoms with Crippen LogP contribution in [0.2, 0.25) is 0 Å². The Balaban J connectivity index is 1.79. The van der Waals surface area contributed by atoms with Gasteiger partial charge in [0, 0.05) is 23.5 Å². The summed E-state index contributed by atoms with van der Waals surface area (Å²) in [5.41, 5.74) is -0.166. The zero-order valence-corrected chi connectivity index (χ0v) is 16.7. The van der Waals surface area contributed by atoms with Gasteiger partial charge in [-0.2, -0.15) is 0 Å². The van der Waals surface area contributed by atoms with E-state index in [1.54, 1.807) is 0 Å². The summed E-state index contributed by atoms with van der Waals surface area (Å²) in [6, 6.07) is 14.0. The molecule has 0 heterocycles. The van der Waals surface area contributed by atoms with Crippen molar-refractivity contribution in [2.24, 2.45) is 0 Å². The van der Waals surface area contributed by atoms with Crippen molar-refractivity contribution in [3.63, 3.8) is 0 Å². The minimum Gasteiger partial charge on any atom is -0.280 e. The molecule has 0 saturated carbocycles. The van der Waals surface area contributed by atoms with Crippen molar-refractivity contribution in [3.8, 4) is 0 Å². The van der Waals surface area contributed by atoms with E-state index in [0.717, 1.165) is 24.3 Å². The predicted molar refractivity (Wildman–Crippen MR) is 108 cm³/mol. The highest BCUT2D eigenvalue weighted by atomic mass is 32.2. The first-order valence-corrected chi connectivity index (χ1v) is 11.2. The van der Waals surface area contributed by atoms with Crippen molar-refractivity contribution in [1.29, 1.82) is 0 Å². The average Bonchev–Trinajstić information content (AvgIpc) is 2.70. The molecule has 9 nitrogen and oxygen atoms in total. The van der Waals surface area contributed by atoms with Gasteiger partial charge in [-0.3, -0.25) is 19.6 Å². The molecule has 3 aromatic rings. The van der Waals surface area contributed by atoms with Crippen LogP contribution in [0.4, 0.5) is 21.5 Å². The molecule has 0 bridgehead atoms. The average molecular weight is 451 g/mol. The lowest BCUT2D eigenvalue weighted by Crippen LogP contribution is -2.14. The van der Waals surface area contributed by atoms with Crippen molar-refractivity contribution in [2.45, 2.75) is 9.79 Å². The third-order valence-electron chi connectivity index (χ3n) is 3.85. The molecule has 0 spiro atoms. The Bertz CT molecular complexity index is 1290. The van der Waals surface area contributed by atoms with Crippen LogP contribution in [0.1, 0.15) is 0 Å². The van der Waals surface area contributed by atoms with E-state index in [9.17, 15) is 31.3 Å². The summed E-state index contributed by atoms with van der Waals surface area (Å²) >= 11 is 0. The van der Waals surface area contributed by atoms with Crippen LogP contribution in [-0.2, 0) is 20.0 Å². The normalized spacial score (nSPS) is 11.6. The Morgan fingerprint density at radius 1 is 0.733 bits per heavy atom. The summed E-state index contributed by atoms with van der Waals surface area (Å²) < 4.78 is 67.1. The lowest BCUT2D eigenvalue weighted by molar-refractivity contribution is -0.385. The number of halogens is 1. The number of rotatable bonds is 7. The summed E-state index contributed by atoms with van der Waals surface area (Å²) in [4.78, 5) is 9.65. The Labute approximate surface area is 171 Å². The van der Waals surface area contributed by atoms with Crippen molar-refractivity contribution in [1.82, 2.24) is 0 Å². The van der Waals surface area contributed by atoms with E-state index in [4.69, 9.17) is 0 Å². The first kappa shape index (κ1) is 21.2. The number of nitrogens with one attached hydrogen (secondary N) is 2. The molecule has 12 heteroatoms. The molecular formula is C18H14FN3O6S2. The number of benzene rings is 3. The van der Waals surface area contributed by atoms with Gasteiger partial charge in [-0.1, -0.05) is 6.07 Å². The molecule has 3 rings (SSSR count). The monoisotopic (exact) mass is 451 g/mol. The molecule has 0 saturated heterocycles. The highest BCUT2D eigenvalue weighted by molar-refractivity contribution is 7.93. The first-order chi connectivity index (χ1) is 14.1. The van der Waals surface area contributed by atoms with E-state index in [2.05, 4.69) is 9.44 Å². The number of nitrogens with zero attached hydrogens (tertiary/aromatic N) is 1. The van der Waals surface area contributed by atoms with Crippen LogP contribution in [0.3, 0.4) is 0 Å². The van der Waals surface area contributed by atoms with Crippen molar-refractivity contribution < 1.29 is 26.1 Å². The second-order valence-corrected chi connectivity index (χ2v) is 9.36. The van der Waals surface area contributed by atoms with Gasteiger partial charge in [0.05, 0.1) is 14.7 Å². The fourth-order valence-electron chi connectivity index (χ4n) is 2.41. The number of non-ortho nitro benzene ring substituents is 1. The van der Waals surface area contributed by atoms with Crippen LogP contribution in [0.15, 0.2) is 82.6 Å². The summed E-state index contributed by atoms with van der Waals surface area (Å²) in [6.45, 7) is 0. The second kappa shape index (κ2) is 8.08. The number of nitro benzene ring substituents is 1. The maximum absolute atomic E-state index is 12.9. The highest BCUT2D eigenvalue weighted by Crippen LogP contribution is 2.22. The van der Waals surface area contributed by atoms with Gasteiger partial charge in [-0.05, 0) is 54.6 Å². The second-order valence-electron chi connectivity index (χ2n) is 6.00. The number of anilines is 2. The predicted octanol–water partition coefficient (Wildman–Crippen LogP) is 3.34. The summed E-state index contributed by atoms with van der Waals surface area (Å²) in [6.07, 6.45) is 0. The highest BCUT2D eigenvalue weighted by Gasteiger charge is 2.19. The fraction of sp³-hybridized carbons (Fsp3) is 0. The SMILES string of the molecule is O=[N+]([O-])c1cccc(S(=O)(=O)Nc2ccc(S(=O)(=O)Nc3ccc(F)cc3)cc2)c1. The quantitative estimate of drug-likeness (QED) is 0.418. The smallest absolute Gasteiger partial charge is 0.270 e. The Hall–Kier alpha value is -3.51. The van der Waals surface area contributed by atoms with Crippen molar-refractivity contribution in [3.05, 3.63) is 88.7 Å². The van der Waals surface area contributed by atoms with E-state index in [1.807, 2.05) is 0 Å². The van der Waals surface area contributed by atoms with Gasteiger partial charge in [0.25, 0.3) is 25.7 Å². The minimum atomic E-state index is -4.13. The van der Waals surface area contributed by atoms with Gasteiger partial charge in [0.1, 0.15) is 5.82 Å². The summed E-state index contributed by atoms with van der Waals surface area (Å²) in [7, 11) is -8.10. The standard InChI is InChI=1S/C18H14FN3O6S2/c19-13-4-6-14(7-5-13)20-29(25,26)17-10-8-15(9-11-17)21-30(27,28)18-3-1-2-16(12-18)22(23)24/h1-12,20-21H. The zero-order chi connectivity index (χ0) is 21.9. The molecule has 0 amide bonds. The molecule has 0 unspecified atom stereocenters. The van der Waals surface area contributed by atoms with Gasteiger partial charge >= 0.3 is 0 Å². The molecular weight excluding hydrogens is 437 g/mol. The molecule has 0 aliphatic carbocycles.